The van der Waals surface area contributed by atoms with Crippen LogP contribution in [0, 0.1) is 17.2 Å². The standard InChI is InChI=1S/C13H21NS/c14-10-13(11-6-2-1-3-7-11)15-12-8-4-5-9-12/h11-13H,1-9H2. The molecule has 0 amide bonds. The van der Waals surface area contributed by atoms with E-state index in [9.17, 15) is 5.26 Å². The Hall–Kier alpha value is -0.160. The lowest BCUT2D eigenvalue weighted by Crippen LogP contribution is -2.20. The molecule has 0 aromatic carbocycles. The largest absolute Gasteiger partial charge is 0.197 e. The molecule has 0 spiro atoms. The Morgan fingerprint density at radius 2 is 1.53 bits per heavy atom. The summed E-state index contributed by atoms with van der Waals surface area (Å²) in [6.45, 7) is 0. The van der Waals surface area contributed by atoms with Gasteiger partial charge in [0, 0.05) is 5.25 Å². The molecule has 0 saturated heterocycles. The lowest BCUT2D eigenvalue weighted by Gasteiger charge is -2.27. The minimum absolute atomic E-state index is 0.299. The minimum Gasteiger partial charge on any atom is -0.197 e. The third kappa shape index (κ3) is 3.14. The van der Waals surface area contributed by atoms with Crippen LogP contribution in [0.15, 0.2) is 0 Å². The number of hydrogen-bond acceptors (Lipinski definition) is 2. The fourth-order valence-corrected chi connectivity index (χ4v) is 4.49. The molecule has 84 valence electrons. The Bertz CT molecular complexity index is 221. The first kappa shape index (κ1) is 11.3. The highest BCUT2D eigenvalue weighted by molar-refractivity contribution is 8.00. The van der Waals surface area contributed by atoms with Crippen molar-refractivity contribution in [1.29, 1.82) is 5.26 Å². The topological polar surface area (TPSA) is 23.8 Å². The maximum atomic E-state index is 9.27. The highest BCUT2D eigenvalue weighted by Gasteiger charge is 2.27. The van der Waals surface area contributed by atoms with Crippen LogP contribution >= 0.6 is 11.8 Å². The molecular weight excluding hydrogens is 202 g/mol. The molecule has 2 saturated carbocycles. The SMILES string of the molecule is N#CC(SC1CCCC1)C1CCCCC1. The van der Waals surface area contributed by atoms with Crippen molar-refractivity contribution in [2.45, 2.75) is 68.3 Å². The summed E-state index contributed by atoms with van der Waals surface area (Å²) in [6, 6.07) is 2.56. The zero-order valence-corrected chi connectivity index (χ0v) is 10.3. The number of rotatable bonds is 3. The van der Waals surface area contributed by atoms with Crippen LogP contribution in [0.5, 0.6) is 0 Å². The maximum Gasteiger partial charge on any atom is 0.0947 e. The Labute approximate surface area is 97.6 Å². The van der Waals surface area contributed by atoms with Crippen molar-refractivity contribution >= 4 is 11.8 Å². The number of hydrogen-bond donors (Lipinski definition) is 0. The summed E-state index contributed by atoms with van der Waals surface area (Å²) in [5.74, 6) is 0.703. The van der Waals surface area contributed by atoms with E-state index >= 15 is 0 Å². The predicted molar refractivity (Wildman–Crippen MR) is 65.8 cm³/mol. The fraction of sp³-hybridized carbons (Fsp3) is 0.923. The normalized spacial score (nSPS) is 26.3. The summed E-state index contributed by atoms with van der Waals surface area (Å²) in [7, 11) is 0. The van der Waals surface area contributed by atoms with Gasteiger partial charge >= 0.3 is 0 Å². The van der Waals surface area contributed by atoms with Crippen LogP contribution in [0.3, 0.4) is 0 Å². The lowest BCUT2D eigenvalue weighted by atomic mass is 9.87. The molecule has 1 unspecified atom stereocenters. The first-order valence-corrected chi connectivity index (χ1v) is 7.39. The van der Waals surface area contributed by atoms with Gasteiger partial charge in [-0.25, -0.2) is 0 Å². The van der Waals surface area contributed by atoms with Gasteiger partial charge in [-0.1, -0.05) is 32.1 Å². The van der Waals surface area contributed by atoms with Crippen molar-refractivity contribution in [3.8, 4) is 6.07 Å². The molecular formula is C13H21NS. The summed E-state index contributed by atoms with van der Waals surface area (Å²) in [4.78, 5) is 0. The lowest BCUT2D eigenvalue weighted by molar-refractivity contribution is 0.370. The Morgan fingerprint density at radius 1 is 0.933 bits per heavy atom. The molecule has 1 nitrogen and oxygen atoms in total. The Kier molecular flexibility index (Phi) is 4.38. The van der Waals surface area contributed by atoms with Crippen molar-refractivity contribution in [3.05, 3.63) is 0 Å². The molecule has 2 aliphatic carbocycles. The molecule has 0 N–H and O–H groups in total. The van der Waals surface area contributed by atoms with Gasteiger partial charge in [0.15, 0.2) is 0 Å². The highest BCUT2D eigenvalue weighted by atomic mass is 32.2. The molecule has 0 aromatic rings. The van der Waals surface area contributed by atoms with Gasteiger partial charge in [0.1, 0.15) is 0 Å². The summed E-state index contributed by atoms with van der Waals surface area (Å²) >= 11 is 2.00. The second-order valence-corrected chi connectivity index (χ2v) is 6.44. The smallest absolute Gasteiger partial charge is 0.0947 e. The summed E-state index contributed by atoms with van der Waals surface area (Å²) in [6.07, 6.45) is 12.2. The molecule has 2 fully saturated rings. The predicted octanol–water partition coefficient (Wildman–Crippen LogP) is 4.13. The van der Waals surface area contributed by atoms with Gasteiger partial charge in [0.05, 0.1) is 11.3 Å². The van der Waals surface area contributed by atoms with Crippen molar-refractivity contribution in [1.82, 2.24) is 0 Å². The highest BCUT2D eigenvalue weighted by Crippen LogP contribution is 2.38. The van der Waals surface area contributed by atoms with Gasteiger partial charge in [-0.15, -0.1) is 11.8 Å². The third-order valence-corrected chi connectivity index (χ3v) is 5.49. The molecule has 0 heterocycles. The monoisotopic (exact) mass is 223 g/mol. The minimum atomic E-state index is 0.299. The van der Waals surface area contributed by atoms with Crippen LogP contribution < -0.4 is 0 Å². The summed E-state index contributed by atoms with van der Waals surface area (Å²) in [5.41, 5.74) is 0. The van der Waals surface area contributed by atoms with Gasteiger partial charge in [0.2, 0.25) is 0 Å². The zero-order valence-electron chi connectivity index (χ0n) is 9.45. The molecule has 0 radical (unpaired) electrons. The molecule has 0 aromatic heterocycles. The fourth-order valence-electron chi connectivity index (χ4n) is 2.92. The molecule has 0 aliphatic heterocycles. The molecule has 0 bridgehead atoms. The van der Waals surface area contributed by atoms with Crippen LogP contribution in [0.2, 0.25) is 0 Å². The van der Waals surface area contributed by atoms with Gasteiger partial charge < -0.3 is 0 Å². The van der Waals surface area contributed by atoms with E-state index in [1.165, 1.54) is 57.8 Å². The van der Waals surface area contributed by atoms with Crippen molar-refractivity contribution in [2.75, 3.05) is 0 Å². The molecule has 2 aliphatic rings. The van der Waals surface area contributed by atoms with E-state index in [-0.39, 0.29) is 0 Å². The summed E-state index contributed by atoms with van der Waals surface area (Å²) < 4.78 is 0. The van der Waals surface area contributed by atoms with Gasteiger partial charge in [-0.3, -0.25) is 0 Å². The molecule has 2 rings (SSSR count). The number of nitriles is 1. The second-order valence-electron chi connectivity index (χ2n) is 4.99. The number of nitrogens with zero attached hydrogens (tertiary/aromatic N) is 1. The van der Waals surface area contributed by atoms with Gasteiger partial charge in [-0.2, -0.15) is 5.26 Å². The Morgan fingerprint density at radius 3 is 2.13 bits per heavy atom. The van der Waals surface area contributed by atoms with Crippen molar-refractivity contribution < 1.29 is 0 Å². The van der Waals surface area contributed by atoms with E-state index in [1.54, 1.807) is 0 Å². The second kappa shape index (κ2) is 5.80. The van der Waals surface area contributed by atoms with Gasteiger partial charge in [0.25, 0.3) is 0 Å². The first-order valence-electron chi connectivity index (χ1n) is 6.45. The van der Waals surface area contributed by atoms with Crippen LogP contribution in [0.25, 0.3) is 0 Å². The van der Waals surface area contributed by atoms with E-state index in [0.29, 0.717) is 11.2 Å². The van der Waals surface area contributed by atoms with E-state index in [2.05, 4.69) is 6.07 Å². The first-order chi connectivity index (χ1) is 7.40. The average Bonchev–Trinajstić information content (AvgIpc) is 2.80. The van der Waals surface area contributed by atoms with Crippen LogP contribution in [-0.2, 0) is 0 Å². The summed E-state index contributed by atoms with van der Waals surface area (Å²) in [5, 5.41) is 10.4. The van der Waals surface area contributed by atoms with Crippen molar-refractivity contribution in [3.63, 3.8) is 0 Å². The van der Waals surface area contributed by atoms with E-state index < -0.39 is 0 Å². The van der Waals surface area contributed by atoms with E-state index in [4.69, 9.17) is 0 Å². The Balaban J connectivity index is 1.82. The molecule has 15 heavy (non-hydrogen) atoms. The molecule has 2 heteroatoms. The van der Waals surface area contributed by atoms with Crippen LogP contribution in [0.1, 0.15) is 57.8 Å². The maximum absolute atomic E-state index is 9.27. The zero-order chi connectivity index (χ0) is 10.5. The quantitative estimate of drug-likeness (QED) is 0.718. The number of thioether (sulfide) groups is 1. The van der Waals surface area contributed by atoms with Crippen LogP contribution in [-0.4, -0.2) is 10.5 Å². The van der Waals surface area contributed by atoms with E-state index in [0.717, 1.165) is 5.25 Å². The average molecular weight is 223 g/mol. The third-order valence-electron chi connectivity index (χ3n) is 3.85. The van der Waals surface area contributed by atoms with E-state index in [1.807, 2.05) is 11.8 Å². The van der Waals surface area contributed by atoms with Crippen LogP contribution in [0.4, 0.5) is 0 Å². The van der Waals surface area contributed by atoms with Crippen molar-refractivity contribution in [2.24, 2.45) is 5.92 Å². The van der Waals surface area contributed by atoms with Gasteiger partial charge in [-0.05, 0) is 31.6 Å². The molecule has 1 atom stereocenters.